The van der Waals surface area contributed by atoms with E-state index >= 15 is 0 Å². The number of amides is 1. The van der Waals surface area contributed by atoms with Gasteiger partial charge in [-0.25, -0.2) is 10.8 Å². The minimum atomic E-state index is -0.0937. The van der Waals surface area contributed by atoms with Crippen LogP contribution >= 0.6 is 15.9 Å². The molecule has 1 aliphatic heterocycles. The molecule has 0 bridgehead atoms. The molecule has 0 saturated carbocycles. The van der Waals surface area contributed by atoms with Crippen molar-refractivity contribution in [2.75, 3.05) is 18.5 Å². The number of hydrazine groups is 1. The Balaban J connectivity index is 2.26. The predicted molar refractivity (Wildman–Crippen MR) is 75.7 cm³/mol. The lowest BCUT2D eigenvalue weighted by atomic mass is 10.1. The van der Waals surface area contributed by atoms with Gasteiger partial charge >= 0.3 is 0 Å². The number of rotatable bonds is 2. The van der Waals surface area contributed by atoms with Crippen molar-refractivity contribution >= 4 is 27.7 Å². The van der Waals surface area contributed by atoms with Crippen LogP contribution in [0.4, 0.5) is 5.82 Å². The second kappa shape index (κ2) is 5.85. The van der Waals surface area contributed by atoms with Crippen LogP contribution in [-0.4, -0.2) is 41.1 Å². The van der Waals surface area contributed by atoms with E-state index in [-0.39, 0.29) is 18.1 Å². The average Bonchev–Trinajstić information content (AvgIpc) is 2.36. The molecule has 2 atom stereocenters. The molecule has 0 aromatic carbocycles. The molecule has 2 heterocycles. The Bertz CT molecular complexity index is 473. The lowest BCUT2D eigenvalue weighted by Crippen LogP contribution is -2.48. The maximum Gasteiger partial charge on any atom is 0.257 e. The highest BCUT2D eigenvalue weighted by Gasteiger charge is 2.28. The van der Waals surface area contributed by atoms with E-state index in [0.29, 0.717) is 24.5 Å². The lowest BCUT2D eigenvalue weighted by molar-refractivity contribution is -0.0586. The van der Waals surface area contributed by atoms with E-state index in [4.69, 9.17) is 10.6 Å². The lowest BCUT2D eigenvalue weighted by Gasteiger charge is -2.35. The largest absolute Gasteiger partial charge is 0.372 e. The Morgan fingerprint density at radius 2 is 2.16 bits per heavy atom. The van der Waals surface area contributed by atoms with Crippen LogP contribution in [0.25, 0.3) is 0 Å². The summed E-state index contributed by atoms with van der Waals surface area (Å²) in [7, 11) is 0. The fourth-order valence-electron chi connectivity index (χ4n) is 2.23. The molecular formula is C12H17BrN4O2. The van der Waals surface area contributed by atoms with Crippen molar-refractivity contribution in [1.29, 1.82) is 0 Å². The number of nitrogens with zero attached hydrogens (tertiary/aromatic N) is 2. The number of hydrogen-bond donors (Lipinski definition) is 2. The van der Waals surface area contributed by atoms with E-state index in [0.717, 1.165) is 4.47 Å². The van der Waals surface area contributed by atoms with Crippen molar-refractivity contribution in [2.24, 2.45) is 5.84 Å². The van der Waals surface area contributed by atoms with Gasteiger partial charge in [0, 0.05) is 23.8 Å². The van der Waals surface area contributed by atoms with Gasteiger partial charge in [0.1, 0.15) is 0 Å². The number of pyridine rings is 1. The molecular weight excluding hydrogens is 312 g/mol. The molecule has 1 fully saturated rings. The Hall–Kier alpha value is -1.18. The molecule has 6 nitrogen and oxygen atoms in total. The van der Waals surface area contributed by atoms with Crippen LogP contribution in [0.5, 0.6) is 0 Å². The molecule has 2 rings (SSSR count). The van der Waals surface area contributed by atoms with Crippen molar-refractivity contribution < 1.29 is 9.53 Å². The van der Waals surface area contributed by atoms with E-state index in [1.54, 1.807) is 17.2 Å². The molecule has 1 aliphatic rings. The van der Waals surface area contributed by atoms with Gasteiger partial charge in [-0.05, 0) is 35.8 Å². The average molecular weight is 329 g/mol. The number of anilines is 1. The first-order valence-electron chi connectivity index (χ1n) is 6.08. The third-order valence-corrected chi connectivity index (χ3v) is 3.36. The third kappa shape index (κ3) is 3.23. The number of hydrogen-bond acceptors (Lipinski definition) is 5. The highest BCUT2D eigenvalue weighted by molar-refractivity contribution is 9.10. The minimum absolute atomic E-state index is 0.0297. The molecule has 19 heavy (non-hydrogen) atoms. The molecule has 3 N–H and O–H groups in total. The van der Waals surface area contributed by atoms with E-state index in [2.05, 4.69) is 26.3 Å². The number of morpholine rings is 1. The number of ether oxygens (including phenoxy) is 1. The summed E-state index contributed by atoms with van der Waals surface area (Å²) in [5.74, 6) is 5.68. The summed E-state index contributed by atoms with van der Waals surface area (Å²) in [6.45, 7) is 5.05. The SMILES string of the molecule is C[C@@H]1CN(C(=O)c2cc(Br)cnc2NN)C[C@H](C)O1. The van der Waals surface area contributed by atoms with E-state index in [1.807, 2.05) is 13.8 Å². The minimum Gasteiger partial charge on any atom is -0.372 e. The fraction of sp³-hybridized carbons (Fsp3) is 0.500. The molecule has 0 radical (unpaired) electrons. The summed E-state index contributed by atoms with van der Waals surface area (Å²) in [6.07, 6.45) is 1.65. The van der Waals surface area contributed by atoms with Crippen molar-refractivity contribution in [3.05, 3.63) is 22.3 Å². The van der Waals surface area contributed by atoms with Crippen LogP contribution in [-0.2, 0) is 4.74 Å². The normalized spacial score (nSPS) is 23.3. The van der Waals surface area contributed by atoms with Crippen LogP contribution < -0.4 is 11.3 Å². The summed E-state index contributed by atoms with van der Waals surface area (Å²) in [6, 6.07) is 1.72. The van der Waals surface area contributed by atoms with Crippen molar-refractivity contribution in [3.8, 4) is 0 Å². The van der Waals surface area contributed by atoms with Crippen molar-refractivity contribution in [2.45, 2.75) is 26.1 Å². The summed E-state index contributed by atoms with van der Waals surface area (Å²) < 4.78 is 6.36. The molecule has 0 aliphatic carbocycles. The number of nitrogen functional groups attached to an aromatic ring is 1. The highest BCUT2D eigenvalue weighted by atomic mass is 79.9. The summed E-state index contributed by atoms with van der Waals surface area (Å²) in [5, 5.41) is 0. The van der Waals surface area contributed by atoms with Gasteiger partial charge in [0.25, 0.3) is 5.91 Å². The monoisotopic (exact) mass is 328 g/mol. The molecule has 0 unspecified atom stereocenters. The first-order valence-corrected chi connectivity index (χ1v) is 6.87. The first kappa shape index (κ1) is 14.2. The highest BCUT2D eigenvalue weighted by Crippen LogP contribution is 2.21. The number of halogens is 1. The van der Waals surface area contributed by atoms with Crippen LogP contribution in [0.2, 0.25) is 0 Å². The molecule has 7 heteroatoms. The van der Waals surface area contributed by atoms with Gasteiger partial charge in [-0.3, -0.25) is 4.79 Å². The van der Waals surface area contributed by atoms with Gasteiger partial charge < -0.3 is 15.1 Å². The Kier molecular flexibility index (Phi) is 4.38. The molecule has 1 aromatic heterocycles. The Morgan fingerprint density at radius 1 is 1.53 bits per heavy atom. The van der Waals surface area contributed by atoms with Crippen molar-refractivity contribution in [1.82, 2.24) is 9.88 Å². The predicted octanol–water partition coefficient (Wildman–Crippen LogP) is 1.38. The third-order valence-electron chi connectivity index (χ3n) is 2.93. The Labute approximate surface area is 120 Å². The maximum atomic E-state index is 12.5. The van der Waals surface area contributed by atoms with E-state index in [9.17, 15) is 4.79 Å². The molecule has 0 spiro atoms. The summed E-state index contributed by atoms with van der Waals surface area (Å²) in [4.78, 5) is 18.4. The summed E-state index contributed by atoms with van der Waals surface area (Å²) >= 11 is 3.32. The number of nitrogens with one attached hydrogen (secondary N) is 1. The van der Waals surface area contributed by atoms with Gasteiger partial charge in [0.15, 0.2) is 5.82 Å². The fourth-order valence-corrected chi connectivity index (χ4v) is 2.56. The quantitative estimate of drug-likeness (QED) is 0.633. The van der Waals surface area contributed by atoms with Gasteiger partial charge in [-0.2, -0.15) is 0 Å². The number of carbonyl (C=O) groups is 1. The van der Waals surface area contributed by atoms with Crippen LogP contribution in [0.1, 0.15) is 24.2 Å². The number of nitrogens with two attached hydrogens (primary N) is 1. The Morgan fingerprint density at radius 3 is 2.74 bits per heavy atom. The van der Waals surface area contributed by atoms with Gasteiger partial charge in [-0.15, -0.1) is 0 Å². The second-order valence-corrected chi connectivity index (χ2v) is 5.58. The smallest absolute Gasteiger partial charge is 0.257 e. The molecule has 1 amide bonds. The summed E-state index contributed by atoms with van der Waals surface area (Å²) in [5.41, 5.74) is 2.91. The van der Waals surface area contributed by atoms with E-state index in [1.165, 1.54) is 0 Å². The standard InChI is InChI=1S/C12H17BrN4O2/c1-7-5-17(6-8(2)19-7)12(18)10-3-9(13)4-15-11(10)16-14/h3-4,7-8H,5-6,14H2,1-2H3,(H,15,16)/t7-,8+. The second-order valence-electron chi connectivity index (χ2n) is 4.66. The van der Waals surface area contributed by atoms with Gasteiger partial charge in [0.2, 0.25) is 0 Å². The van der Waals surface area contributed by atoms with Crippen LogP contribution in [0, 0.1) is 0 Å². The first-order chi connectivity index (χ1) is 9.01. The number of aromatic nitrogens is 1. The van der Waals surface area contributed by atoms with Crippen LogP contribution in [0.15, 0.2) is 16.7 Å². The molecule has 104 valence electrons. The van der Waals surface area contributed by atoms with Crippen molar-refractivity contribution in [3.63, 3.8) is 0 Å². The van der Waals surface area contributed by atoms with Crippen LogP contribution in [0.3, 0.4) is 0 Å². The zero-order valence-corrected chi connectivity index (χ0v) is 12.5. The topological polar surface area (TPSA) is 80.5 Å². The van der Waals surface area contributed by atoms with E-state index < -0.39 is 0 Å². The van der Waals surface area contributed by atoms with Gasteiger partial charge in [0.05, 0.1) is 17.8 Å². The van der Waals surface area contributed by atoms with Gasteiger partial charge in [-0.1, -0.05) is 0 Å². The zero-order valence-electron chi connectivity index (χ0n) is 10.9. The maximum absolute atomic E-state index is 12.5. The molecule has 1 saturated heterocycles. The number of carbonyl (C=O) groups excluding carboxylic acids is 1. The zero-order chi connectivity index (χ0) is 14.0. The molecule has 1 aromatic rings.